The van der Waals surface area contributed by atoms with Crippen molar-refractivity contribution in [3.8, 4) is 11.4 Å². The molecule has 3 rings (SSSR count). The number of rotatable bonds is 7. The van der Waals surface area contributed by atoms with E-state index in [-0.39, 0.29) is 36.5 Å². The first-order valence-electron chi connectivity index (χ1n) is 7.57. The molecule has 0 radical (unpaired) electrons. The van der Waals surface area contributed by atoms with Crippen molar-refractivity contribution in [2.45, 2.75) is 6.61 Å². The Bertz CT molecular complexity index is 952. The molecule has 0 aliphatic carbocycles. The van der Waals surface area contributed by atoms with Crippen LogP contribution in [0.5, 0.6) is 0 Å². The minimum Gasteiger partial charge on any atom is -0.454 e. The van der Waals surface area contributed by atoms with Gasteiger partial charge in [-0.15, -0.1) is 11.3 Å². The van der Waals surface area contributed by atoms with Crippen molar-refractivity contribution in [2.75, 3.05) is 6.54 Å². The number of nitro benzene ring substituents is 1. The number of benzene rings is 1. The quantitative estimate of drug-likeness (QED) is 0.369. The Morgan fingerprint density at radius 2 is 2.04 bits per heavy atom. The zero-order valence-corrected chi connectivity index (χ0v) is 14.5. The first-order valence-corrected chi connectivity index (χ1v) is 8.45. The molecule has 0 unspecified atom stereocenters. The van der Waals surface area contributed by atoms with E-state index in [1.54, 1.807) is 17.5 Å². The zero-order chi connectivity index (χ0) is 19.2. The Labute approximate surface area is 155 Å². The van der Waals surface area contributed by atoms with Gasteiger partial charge in [-0.05, 0) is 23.6 Å². The molecular formula is C16H12N4O6S. The van der Waals surface area contributed by atoms with Gasteiger partial charge < -0.3 is 14.6 Å². The van der Waals surface area contributed by atoms with Gasteiger partial charge in [0.05, 0.1) is 9.80 Å². The lowest BCUT2D eigenvalue weighted by atomic mass is 10.2. The van der Waals surface area contributed by atoms with E-state index >= 15 is 0 Å². The average Bonchev–Trinajstić information content (AvgIpc) is 3.36. The third-order valence-electron chi connectivity index (χ3n) is 3.30. The Hall–Kier alpha value is -3.60. The molecule has 0 spiro atoms. The molecule has 2 heterocycles. The van der Waals surface area contributed by atoms with E-state index in [0.29, 0.717) is 10.4 Å². The summed E-state index contributed by atoms with van der Waals surface area (Å²) in [5, 5.41) is 18.6. The van der Waals surface area contributed by atoms with Gasteiger partial charge in [0, 0.05) is 17.7 Å². The highest BCUT2D eigenvalue weighted by molar-refractivity contribution is 7.12. The standard InChI is InChI=1S/C16H12N4O6S/c21-14(8-17-16(22)12-2-1-7-27-12)25-9-13-18-15(19-26-13)10-3-5-11(6-4-10)20(23)24/h1-7H,8-9H2,(H,17,22). The van der Waals surface area contributed by atoms with E-state index in [1.807, 2.05) is 0 Å². The van der Waals surface area contributed by atoms with Crippen LogP contribution >= 0.6 is 11.3 Å². The van der Waals surface area contributed by atoms with Crippen molar-refractivity contribution >= 4 is 28.9 Å². The van der Waals surface area contributed by atoms with Crippen LogP contribution in [-0.2, 0) is 16.1 Å². The molecule has 27 heavy (non-hydrogen) atoms. The molecule has 0 saturated carbocycles. The van der Waals surface area contributed by atoms with Gasteiger partial charge in [0.1, 0.15) is 6.54 Å². The molecule has 3 aromatic rings. The number of aromatic nitrogens is 2. The topological polar surface area (TPSA) is 137 Å². The highest BCUT2D eigenvalue weighted by atomic mass is 32.1. The lowest BCUT2D eigenvalue weighted by Gasteiger charge is -2.03. The number of carbonyl (C=O) groups is 2. The van der Waals surface area contributed by atoms with Crippen LogP contribution < -0.4 is 5.32 Å². The van der Waals surface area contributed by atoms with Gasteiger partial charge in [0.2, 0.25) is 5.82 Å². The molecule has 0 aliphatic rings. The molecule has 0 bridgehead atoms. The van der Waals surface area contributed by atoms with Gasteiger partial charge in [-0.3, -0.25) is 19.7 Å². The van der Waals surface area contributed by atoms with Gasteiger partial charge in [-0.2, -0.15) is 4.98 Å². The molecule has 138 valence electrons. The molecule has 1 amide bonds. The van der Waals surface area contributed by atoms with Crippen molar-refractivity contribution in [2.24, 2.45) is 0 Å². The van der Waals surface area contributed by atoms with Crippen LogP contribution in [0, 0.1) is 10.1 Å². The molecule has 11 heteroatoms. The maximum atomic E-state index is 11.7. The van der Waals surface area contributed by atoms with E-state index < -0.39 is 10.9 Å². The van der Waals surface area contributed by atoms with Crippen molar-refractivity contribution in [3.63, 3.8) is 0 Å². The van der Waals surface area contributed by atoms with Gasteiger partial charge in [0.25, 0.3) is 17.5 Å². The lowest BCUT2D eigenvalue weighted by molar-refractivity contribution is -0.384. The first-order chi connectivity index (χ1) is 13.0. The monoisotopic (exact) mass is 388 g/mol. The Morgan fingerprint density at radius 1 is 1.26 bits per heavy atom. The van der Waals surface area contributed by atoms with E-state index in [0.717, 1.165) is 0 Å². The van der Waals surface area contributed by atoms with E-state index in [4.69, 9.17) is 9.26 Å². The smallest absolute Gasteiger partial charge is 0.325 e. The minimum absolute atomic E-state index is 0.0546. The number of carbonyl (C=O) groups excluding carboxylic acids is 2. The van der Waals surface area contributed by atoms with E-state index in [9.17, 15) is 19.7 Å². The predicted molar refractivity (Wildman–Crippen MR) is 92.8 cm³/mol. The second-order valence-electron chi connectivity index (χ2n) is 5.14. The molecule has 10 nitrogen and oxygen atoms in total. The minimum atomic E-state index is -0.657. The van der Waals surface area contributed by atoms with Gasteiger partial charge in [-0.25, -0.2) is 0 Å². The summed E-state index contributed by atoms with van der Waals surface area (Å²) < 4.78 is 9.93. The summed E-state index contributed by atoms with van der Waals surface area (Å²) >= 11 is 1.26. The lowest BCUT2D eigenvalue weighted by Crippen LogP contribution is -2.30. The summed E-state index contributed by atoms with van der Waals surface area (Å²) in [6.07, 6.45) is 0. The number of nitrogens with one attached hydrogen (secondary N) is 1. The molecule has 0 fully saturated rings. The average molecular weight is 388 g/mol. The second kappa shape index (κ2) is 8.19. The molecule has 0 saturated heterocycles. The third-order valence-corrected chi connectivity index (χ3v) is 4.17. The van der Waals surface area contributed by atoms with Crippen LogP contribution in [0.3, 0.4) is 0 Å². The number of thiophene rings is 1. The van der Waals surface area contributed by atoms with Crippen LogP contribution in [-0.4, -0.2) is 33.5 Å². The van der Waals surface area contributed by atoms with Gasteiger partial charge >= 0.3 is 5.97 Å². The van der Waals surface area contributed by atoms with Crippen LogP contribution in [0.25, 0.3) is 11.4 Å². The summed E-state index contributed by atoms with van der Waals surface area (Å²) in [7, 11) is 0. The van der Waals surface area contributed by atoms with Crippen LogP contribution in [0.4, 0.5) is 5.69 Å². The van der Waals surface area contributed by atoms with E-state index in [2.05, 4.69) is 15.5 Å². The fourth-order valence-corrected chi connectivity index (χ4v) is 2.64. The Morgan fingerprint density at radius 3 is 2.70 bits per heavy atom. The van der Waals surface area contributed by atoms with Gasteiger partial charge in [-0.1, -0.05) is 11.2 Å². The number of esters is 1. The number of hydrogen-bond acceptors (Lipinski definition) is 9. The van der Waals surface area contributed by atoms with Crippen LogP contribution in [0.1, 0.15) is 15.6 Å². The molecule has 0 aliphatic heterocycles. The predicted octanol–water partition coefficient (Wildman–Crippen LogP) is 2.18. The summed E-state index contributed by atoms with van der Waals surface area (Å²) in [5.41, 5.74) is 0.464. The Balaban J connectivity index is 1.49. The SMILES string of the molecule is O=C(CNC(=O)c1cccs1)OCc1nc(-c2ccc([N+](=O)[O-])cc2)no1. The van der Waals surface area contributed by atoms with Crippen molar-refractivity contribution in [1.29, 1.82) is 0 Å². The zero-order valence-electron chi connectivity index (χ0n) is 13.7. The fraction of sp³-hybridized carbons (Fsp3) is 0.125. The number of hydrogen-bond donors (Lipinski definition) is 1. The molecule has 2 aromatic heterocycles. The van der Waals surface area contributed by atoms with Crippen LogP contribution in [0.2, 0.25) is 0 Å². The van der Waals surface area contributed by atoms with Crippen molar-refractivity contribution in [3.05, 3.63) is 62.7 Å². The summed E-state index contributed by atoms with van der Waals surface area (Å²) in [4.78, 5) is 38.1. The highest BCUT2D eigenvalue weighted by Gasteiger charge is 2.14. The third kappa shape index (κ3) is 4.73. The number of ether oxygens (including phenoxy) is 1. The van der Waals surface area contributed by atoms with Gasteiger partial charge in [0.15, 0.2) is 6.61 Å². The molecule has 1 N–H and O–H groups in total. The van der Waals surface area contributed by atoms with Crippen LogP contribution in [0.15, 0.2) is 46.3 Å². The molecular weight excluding hydrogens is 376 g/mol. The maximum absolute atomic E-state index is 11.7. The summed E-state index contributed by atoms with van der Waals surface area (Å²) in [5.74, 6) is -0.751. The summed E-state index contributed by atoms with van der Waals surface area (Å²) in [6.45, 7) is -0.548. The number of nitro groups is 1. The number of amides is 1. The number of non-ortho nitro benzene ring substituents is 1. The Kier molecular flexibility index (Phi) is 5.52. The second-order valence-corrected chi connectivity index (χ2v) is 6.08. The molecule has 0 atom stereocenters. The highest BCUT2D eigenvalue weighted by Crippen LogP contribution is 2.20. The fourth-order valence-electron chi connectivity index (χ4n) is 2.00. The van der Waals surface area contributed by atoms with Crippen molar-refractivity contribution in [1.82, 2.24) is 15.5 Å². The maximum Gasteiger partial charge on any atom is 0.325 e. The summed E-state index contributed by atoms with van der Waals surface area (Å²) in [6, 6.07) is 8.99. The number of nitrogens with zero attached hydrogens (tertiary/aromatic N) is 3. The molecule has 1 aromatic carbocycles. The van der Waals surface area contributed by atoms with Crippen molar-refractivity contribution < 1.29 is 23.8 Å². The largest absolute Gasteiger partial charge is 0.454 e. The first kappa shape index (κ1) is 18.2. The normalized spacial score (nSPS) is 10.4. The van der Waals surface area contributed by atoms with E-state index in [1.165, 1.54) is 35.6 Å².